The van der Waals surface area contributed by atoms with E-state index >= 15 is 0 Å². The first-order valence-corrected chi connectivity index (χ1v) is 15.2. The summed E-state index contributed by atoms with van der Waals surface area (Å²) in [6.07, 6.45) is 0.0946. The molecule has 2 aliphatic rings. The molecule has 0 amide bonds. The number of piperidine rings is 1. The smallest absolute Gasteiger partial charge is 0.302 e. The van der Waals surface area contributed by atoms with Crippen molar-refractivity contribution in [3.8, 4) is 0 Å². The minimum atomic E-state index is -2.04. The van der Waals surface area contributed by atoms with Crippen LogP contribution in [-0.2, 0) is 34.8 Å². The fraction of sp³-hybridized carbons (Fsp3) is 0.692. The largest absolute Gasteiger partial charge is 0.465 e. The summed E-state index contributed by atoms with van der Waals surface area (Å²) in [5.41, 5.74) is 1.12. The number of carbonyl (C=O) groups excluding carboxylic acids is 2. The van der Waals surface area contributed by atoms with Gasteiger partial charge in [0.25, 0.3) is 0 Å². The Morgan fingerprint density at radius 2 is 1.71 bits per heavy atom. The predicted octanol–water partition coefficient (Wildman–Crippen LogP) is 4.16. The van der Waals surface area contributed by atoms with Gasteiger partial charge in [-0.25, -0.2) is 0 Å². The Labute approximate surface area is 205 Å². The lowest BCUT2D eigenvalue weighted by atomic mass is 9.89. The van der Waals surface area contributed by atoms with Gasteiger partial charge in [0.2, 0.25) is 0 Å². The number of hydrogen-bond acceptors (Lipinski definition) is 7. The maximum atomic E-state index is 11.8. The second kappa shape index (κ2) is 10.9. The molecule has 1 aromatic carbocycles. The highest BCUT2D eigenvalue weighted by Gasteiger charge is 2.52. The quantitative estimate of drug-likeness (QED) is 0.399. The number of nitrogens with zero attached hydrogens (tertiary/aromatic N) is 1. The molecule has 0 aromatic heterocycles. The molecule has 2 aliphatic heterocycles. The van der Waals surface area contributed by atoms with Crippen molar-refractivity contribution in [2.45, 2.75) is 90.1 Å². The summed E-state index contributed by atoms with van der Waals surface area (Å²) in [6.45, 7) is 16.2. The number of hydrogen-bond donors (Lipinski definition) is 0. The molecule has 8 heteroatoms. The monoisotopic (exact) mass is 491 g/mol. The zero-order valence-electron chi connectivity index (χ0n) is 21.7. The Hall–Kier alpha value is -1.74. The molecule has 0 spiro atoms. The molecule has 0 bridgehead atoms. The van der Waals surface area contributed by atoms with Crippen LogP contribution in [0.5, 0.6) is 0 Å². The summed E-state index contributed by atoms with van der Waals surface area (Å²) in [7, 11) is -2.04. The highest BCUT2D eigenvalue weighted by molar-refractivity contribution is 6.74. The maximum absolute atomic E-state index is 11.8. The summed E-state index contributed by atoms with van der Waals surface area (Å²) < 4.78 is 24.4. The van der Waals surface area contributed by atoms with Crippen molar-refractivity contribution >= 4 is 20.3 Å². The van der Waals surface area contributed by atoms with E-state index in [-0.39, 0.29) is 53.9 Å². The zero-order valence-corrected chi connectivity index (χ0v) is 22.7. The van der Waals surface area contributed by atoms with Crippen LogP contribution in [0.4, 0.5) is 0 Å². The van der Waals surface area contributed by atoms with E-state index in [1.165, 1.54) is 13.8 Å². The minimum Gasteiger partial charge on any atom is -0.465 e. The molecule has 1 aromatic rings. The average molecular weight is 492 g/mol. The van der Waals surface area contributed by atoms with Gasteiger partial charge in [0, 0.05) is 45.3 Å². The standard InChI is InChI=1S/C26H41NO6Si/c1-18(28)30-17-21-14-27-15-24(33-34(6,7)26(3,4)5)25(22(27)13-23(21)32-19(2)29)31-16-20-11-9-8-10-12-20/h8-12,21-25H,13-17H2,1-7H3/t21-,22+,23+,24-,25+/m1/s1. The molecular formula is C26H41NO6Si. The van der Waals surface area contributed by atoms with Gasteiger partial charge in [-0.2, -0.15) is 0 Å². The van der Waals surface area contributed by atoms with Gasteiger partial charge in [-0.15, -0.1) is 0 Å². The van der Waals surface area contributed by atoms with Gasteiger partial charge in [-0.3, -0.25) is 14.5 Å². The predicted molar refractivity (Wildman–Crippen MR) is 133 cm³/mol. The SMILES string of the molecule is CC(=O)OC[C@H]1CN2C[C@@H](O[Si](C)(C)C(C)(C)C)[C@@H](OCc3ccccc3)[C@@H]2C[C@@H]1OC(C)=O. The first-order chi connectivity index (χ1) is 15.9. The number of fused-ring (bicyclic) bond motifs is 1. The van der Waals surface area contributed by atoms with Crippen molar-refractivity contribution in [1.82, 2.24) is 4.90 Å². The normalized spacial score (nSPS) is 27.8. The molecule has 190 valence electrons. The van der Waals surface area contributed by atoms with Crippen LogP contribution in [0.2, 0.25) is 18.1 Å². The number of ether oxygens (including phenoxy) is 3. The van der Waals surface area contributed by atoms with Gasteiger partial charge in [-0.1, -0.05) is 51.1 Å². The molecule has 0 aliphatic carbocycles. The maximum Gasteiger partial charge on any atom is 0.302 e. The van der Waals surface area contributed by atoms with Crippen LogP contribution in [-0.4, -0.2) is 69.2 Å². The third-order valence-corrected chi connectivity index (χ3v) is 12.0. The van der Waals surface area contributed by atoms with Crippen molar-refractivity contribution in [1.29, 1.82) is 0 Å². The van der Waals surface area contributed by atoms with Crippen LogP contribution in [0, 0.1) is 5.92 Å². The fourth-order valence-corrected chi connectivity index (χ4v) is 5.97. The van der Waals surface area contributed by atoms with E-state index in [0.29, 0.717) is 19.6 Å². The lowest BCUT2D eigenvalue weighted by Crippen LogP contribution is -2.52. The van der Waals surface area contributed by atoms with Gasteiger partial charge in [0.05, 0.1) is 25.4 Å². The molecule has 2 fully saturated rings. The Balaban J connectivity index is 1.82. The van der Waals surface area contributed by atoms with E-state index in [1.54, 1.807) is 0 Å². The van der Waals surface area contributed by atoms with Crippen molar-refractivity contribution < 1.29 is 28.2 Å². The first-order valence-electron chi connectivity index (χ1n) is 12.3. The number of esters is 2. The highest BCUT2D eigenvalue weighted by Crippen LogP contribution is 2.41. The van der Waals surface area contributed by atoms with E-state index in [9.17, 15) is 9.59 Å². The van der Waals surface area contributed by atoms with Crippen molar-refractivity contribution in [3.63, 3.8) is 0 Å². The lowest BCUT2D eigenvalue weighted by Gasteiger charge is -2.41. The van der Waals surface area contributed by atoms with Crippen LogP contribution in [0.25, 0.3) is 0 Å². The van der Waals surface area contributed by atoms with Crippen LogP contribution < -0.4 is 0 Å². The molecule has 2 heterocycles. The van der Waals surface area contributed by atoms with Gasteiger partial charge < -0.3 is 18.6 Å². The zero-order chi connectivity index (χ0) is 25.1. The summed E-state index contributed by atoms with van der Waals surface area (Å²) >= 11 is 0. The average Bonchev–Trinajstić information content (AvgIpc) is 3.05. The Morgan fingerprint density at radius 3 is 2.29 bits per heavy atom. The topological polar surface area (TPSA) is 74.3 Å². The Kier molecular flexibility index (Phi) is 8.60. The van der Waals surface area contributed by atoms with Crippen molar-refractivity contribution in [2.24, 2.45) is 5.92 Å². The Morgan fingerprint density at radius 1 is 1.03 bits per heavy atom. The van der Waals surface area contributed by atoms with E-state index in [1.807, 2.05) is 18.2 Å². The minimum absolute atomic E-state index is 0.0661. The molecule has 0 radical (unpaired) electrons. The number of rotatable bonds is 8. The van der Waals surface area contributed by atoms with Gasteiger partial charge >= 0.3 is 11.9 Å². The molecule has 0 saturated carbocycles. The summed E-state index contributed by atoms with van der Waals surface area (Å²) in [5, 5.41) is 0.0816. The van der Waals surface area contributed by atoms with Crippen LogP contribution in [0.3, 0.4) is 0 Å². The highest BCUT2D eigenvalue weighted by atomic mass is 28.4. The molecule has 0 N–H and O–H groups in total. The van der Waals surface area contributed by atoms with Gasteiger partial charge in [-0.05, 0) is 23.7 Å². The summed E-state index contributed by atoms with van der Waals surface area (Å²) in [5.74, 6) is -0.723. The first kappa shape index (κ1) is 26.9. The molecule has 3 rings (SSSR count). The van der Waals surface area contributed by atoms with Crippen LogP contribution in [0.15, 0.2) is 30.3 Å². The van der Waals surface area contributed by atoms with Crippen LogP contribution in [0.1, 0.15) is 46.6 Å². The van der Waals surface area contributed by atoms with E-state index in [0.717, 1.165) is 12.1 Å². The fourth-order valence-electron chi connectivity index (χ4n) is 4.65. The molecule has 7 nitrogen and oxygen atoms in total. The molecule has 5 atom stereocenters. The summed E-state index contributed by atoms with van der Waals surface area (Å²) in [4.78, 5) is 25.7. The Bertz CT molecular complexity index is 839. The third-order valence-electron chi connectivity index (χ3n) is 7.45. The van der Waals surface area contributed by atoms with E-state index in [4.69, 9.17) is 18.6 Å². The van der Waals surface area contributed by atoms with E-state index in [2.05, 4.69) is 50.9 Å². The number of carbonyl (C=O) groups is 2. The molecule has 2 saturated heterocycles. The second-order valence-electron chi connectivity index (χ2n) is 11.1. The molecular weight excluding hydrogens is 450 g/mol. The van der Waals surface area contributed by atoms with Crippen molar-refractivity contribution in [3.05, 3.63) is 35.9 Å². The summed E-state index contributed by atoms with van der Waals surface area (Å²) in [6, 6.07) is 10.2. The second-order valence-corrected chi connectivity index (χ2v) is 15.9. The van der Waals surface area contributed by atoms with Gasteiger partial charge in [0.15, 0.2) is 8.32 Å². The van der Waals surface area contributed by atoms with E-state index < -0.39 is 8.32 Å². The lowest BCUT2D eigenvalue weighted by molar-refractivity contribution is -0.159. The molecule has 34 heavy (non-hydrogen) atoms. The third kappa shape index (κ3) is 6.68. The van der Waals surface area contributed by atoms with Crippen LogP contribution >= 0.6 is 0 Å². The number of benzene rings is 1. The van der Waals surface area contributed by atoms with Crippen molar-refractivity contribution in [2.75, 3.05) is 19.7 Å². The molecule has 0 unspecified atom stereocenters. The van der Waals surface area contributed by atoms with Gasteiger partial charge in [0.1, 0.15) is 6.10 Å².